The molecule has 0 bridgehead atoms. The van der Waals surface area contributed by atoms with Crippen LogP contribution in [0, 0.1) is 0 Å². The third-order valence-electron chi connectivity index (χ3n) is 4.12. The summed E-state index contributed by atoms with van der Waals surface area (Å²) in [5, 5.41) is 0. The Balaban J connectivity index is 2.14. The average molecular weight is 356 g/mol. The first-order valence-corrected chi connectivity index (χ1v) is 8.79. The number of amides is 1. The number of nitrogens with zero attached hydrogens (tertiary/aromatic N) is 2. The van der Waals surface area contributed by atoms with Crippen molar-refractivity contribution in [1.29, 1.82) is 0 Å². The number of para-hydroxylation sites is 1. The van der Waals surface area contributed by atoms with Crippen molar-refractivity contribution < 1.29 is 14.3 Å². The van der Waals surface area contributed by atoms with Crippen LogP contribution in [0.2, 0.25) is 0 Å². The van der Waals surface area contributed by atoms with Gasteiger partial charge in [-0.25, -0.2) is 0 Å². The summed E-state index contributed by atoms with van der Waals surface area (Å²) >= 11 is 1.50. The number of ether oxygens (including phenoxy) is 2. The zero-order valence-electron chi connectivity index (χ0n) is 14.7. The molecule has 6 heteroatoms. The summed E-state index contributed by atoms with van der Waals surface area (Å²) in [5.41, 5.74) is 2.75. The van der Waals surface area contributed by atoms with E-state index in [0.717, 1.165) is 16.6 Å². The van der Waals surface area contributed by atoms with Crippen molar-refractivity contribution in [3.8, 4) is 11.5 Å². The number of carbonyl (C=O) groups excluding carboxylic acids is 1. The molecule has 1 aromatic heterocycles. The van der Waals surface area contributed by atoms with Crippen LogP contribution in [0.4, 0.5) is 0 Å². The second-order valence-electron chi connectivity index (χ2n) is 5.54. The van der Waals surface area contributed by atoms with Gasteiger partial charge in [-0.15, -0.1) is 0 Å². The van der Waals surface area contributed by atoms with Gasteiger partial charge in [-0.05, 0) is 36.2 Å². The molecule has 3 aromatic rings. The molecule has 25 heavy (non-hydrogen) atoms. The summed E-state index contributed by atoms with van der Waals surface area (Å²) in [6.07, 6.45) is 0.930. The molecule has 1 heterocycles. The van der Waals surface area contributed by atoms with Crippen molar-refractivity contribution in [3.63, 3.8) is 0 Å². The highest BCUT2D eigenvalue weighted by molar-refractivity contribution is 7.16. The molecule has 1 amide bonds. The largest absolute Gasteiger partial charge is 0.497 e. The number of aromatic nitrogens is 1. The van der Waals surface area contributed by atoms with Gasteiger partial charge < -0.3 is 14.0 Å². The number of carbonyl (C=O) groups is 1. The van der Waals surface area contributed by atoms with Crippen LogP contribution in [0.25, 0.3) is 10.2 Å². The summed E-state index contributed by atoms with van der Waals surface area (Å²) in [6.45, 7) is 2.12. The Morgan fingerprint density at radius 1 is 1.20 bits per heavy atom. The van der Waals surface area contributed by atoms with Gasteiger partial charge in [-0.1, -0.05) is 30.4 Å². The highest BCUT2D eigenvalue weighted by Crippen LogP contribution is 2.25. The van der Waals surface area contributed by atoms with Gasteiger partial charge in [0.15, 0.2) is 4.80 Å². The Morgan fingerprint density at radius 2 is 2.00 bits per heavy atom. The zero-order chi connectivity index (χ0) is 18.0. The molecule has 0 atom stereocenters. The molecule has 2 aromatic carbocycles. The summed E-state index contributed by atoms with van der Waals surface area (Å²) in [5.74, 6) is 0.719. The van der Waals surface area contributed by atoms with E-state index in [0.29, 0.717) is 21.9 Å². The summed E-state index contributed by atoms with van der Waals surface area (Å²) in [4.78, 5) is 17.7. The highest BCUT2D eigenvalue weighted by atomic mass is 32.1. The average Bonchev–Trinajstić information content (AvgIpc) is 2.96. The number of aryl methyl sites for hydroxylation is 2. The number of thiazole rings is 1. The van der Waals surface area contributed by atoms with Crippen molar-refractivity contribution in [2.24, 2.45) is 12.0 Å². The minimum absolute atomic E-state index is 0.351. The summed E-state index contributed by atoms with van der Waals surface area (Å²) in [6, 6.07) is 11.3. The normalized spacial score (nSPS) is 11.8. The third-order valence-corrected chi connectivity index (χ3v) is 5.22. The molecule has 0 spiro atoms. The van der Waals surface area contributed by atoms with Crippen LogP contribution in [0.15, 0.2) is 41.4 Å². The molecule has 0 saturated heterocycles. The van der Waals surface area contributed by atoms with Crippen molar-refractivity contribution >= 4 is 27.5 Å². The van der Waals surface area contributed by atoms with Gasteiger partial charge in [0.1, 0.15) is 11.5 Å². The Kier molecular flexibility index (Phi) is 4.90. The lowest BCUT2D eigenvalue weighted by Crippen LogP contribution is -2.14. The predicted molar refractivity (Wildman–Crippen MR) is 99.6 cm³/mol. The van der Waals surface area contributed by atoms with Gasteiger partial charge in [0.05, 0.1) is 30.0 Å². The first kappa shape index (κ1) is 17.2. The molecule has 130 valence electrons. The highest BCUT2D eigenvalue weighted by Gasteiger charge is 2.14. The van der Waals surface area contributed by atoms with E-state index < -0.39 is 0 Å². The maximum atomic E-state index is 12.7. The Labute approximate surface area is 150 Å². The lowest BCUT2D eigenvalue weighted by atomic mass is 10.1. The van der Waals surface area contributed by atoms with Crippen molar-refractivity contribution in [2.45, 2.75) is 13.3 Å². The zero-order valence-corrected chi connectivity index (χ0v) is 15.5. The van der Waals surface area contributed by atoms with Gasteiger partial charge in [0, 0.05) is 7.05 Å². The Hall–Kier alpha value is -2.60. The monoisotopic (exact) mass is 356 g/mol. The quantitative estimate of drug-likeness (QED) is 0.718. The number of fused-ring (bicyclic) bond motifs is 1. The van der Waals surface area contributed by atoms with Gasteiger partial charge in [-0.3, -0.25) is 4.79 Å². The second kappa shape index (κ2) is 7.11. The van der Waals surface area contributed by atoms with E-state index in [4.69, 9.17) is 9.47 Å². The fourth-order valence-corrected chi connectivity index (χ4v) is 3.87. The molecular weight excluding hydrogens is 336 g/mol. The van der Waals surface area contributed by atoms with Crippen LogP contribution < -0.4 is 14.3 Å². The van der Waals surface area contributed by atoms with E-state index >= 15 is 0 Å². The van der Waals surface area contributed by atoms with E-state index in [9.17, 15) is 4.79 Å². The van der Waals surface area contributed by atoms with Gasteiger partial charge in [-0.2, -0.15) is 4.99 Å². The van der Waals surface area contributed by atoms with E-state index in [1.807, 2.05) is 17.7 Å². The fraction of sp³-hybridized carbons (Fsp3) is 0.263. The maximum Gasteiger partial charge on any atom is 0.283 e. The standard InChI is InChI=1S/C19H20N2O3S/c1-5-12-7-6-8-16-17(12)21(2)19(25-16)20-18(22)14-11-13(23-3)9-10-15(14)24-4/h6-11H,5H2,1-4H3. The lowest BCUT2D eigenvalue weighted by Gasteiger charge is -2.07. The smallest absolute Gasteiger partial charge is 0.283 e. The molecule has 3 rings (SSSR count). The lowest BCUT2D eigenvalue weighted by molar-refractivity contribution is 0.0994. The van der Waals surface area contributed by atoms with Crippen LogP contribution in [0.1, 0.15) is 22.8 Å². The van der Waals surface area contributed by atoms with Crippen molar-refractivity contribution in [2.75, 3.05) is 14.2 Å². The molecule has 0 saturated carbocycles. The number of rotatable bonds is 4. The Morgan fingerprint density at radius 3 is 2.68 bits per heavy atom. The predicted octanol–water partition coefficient (Wildman–Crippen LogP) is 3.56. The first-order valence-electron chi connectivity index (χ1n) is 7.97. The van der Waals surface area contributed by atoms with Crippen LogP contribution in [0.3, 0.4) is 0 Å². The molecule has 0 fully saturated rings. The first-order chi connectivity index (χ1) is 12.1. The number of hydrogen-bond acceptors (Lipinski definition) is 4. The molecule has 0 unspecified atom stereocenters. The number of benzene rings is 2. The van der Waals surface area contributed by atoms with E-state index in [1.165, 1.54) is 24.0 Å². The minimum Gasteiger partial charge on any atom is -0.497 e. The summed E-state index contributed by atoms with van der Waals surface area (Å²) < 4.78 is 13.6. The summed E-state index contributed by atoms with van der Waals surface area (Å²) in [7, 11) is 5.03. The van der Waals surface area contributed by atoms with Crippen LogP contribution in [0.5, 0.6) is 11.5 Å². The molecule has 0 radical (unpaired) electrons. The SMILES string of the molecule is CCc1cccc2sc(=NC(=O)c3cc(OC)ccc3OC)n(C)c12. The van der Waals surface area contributed by atoms with Crippen LogP contribution in [-0.4, -0.2) is 24.7 Å². The molecule has 5 nitrogen and oxygen atoms in total. The van der Waals surface area contributed by atoms with Crippen LogP contribution in [-0.2, 0) is 13.5 Å². The topological polar surface area (TPSA) is 52.8 Å². The van der Waals surface area contributed by atoms with Crippen LogP contribution >= 0.6 is 11.3 Å². The van der Waals surface area contributed by atoms with Gasteiger partial charge >= 0.3 is 0 Å². The van der Waals surface area contributed by atoms with Gasteiger partial charge in [0.25, 0.3) is 5.91 Å². The molecule has 0 aliphatic heterocycles. The number of methoxy groups -OCH3 is 2. The van der Waals surface area contributed by atoms with Crippen molar-refractivity contribution in [3.05, 3.63) is 52.3 Å². The maximum absolute atomic E-state index is 12.7. The number of hydrogen-bond donors (Lipinski definition) is 0. The van der Waals surface area contributed by atoms with E-state index in [1.54, 1.807) is 25.3 Å². The molecule has 0 N–H and O–H groups in total. The van der Waals surface area contributed by atoms with Crippen molar-refractivity contribution in [1.82, 2.24) is 4.57 Å². The fourth-order valence-electron chi connectivity index (χ4n) is 2.80. The molecule has 0 aliphatic carbocycles. The molecule has 0 aliphatic rings. The second-order valence-corrected chi connectivity index (χ2v) is 6.55. The van der Waals surface area contributed by atoms with E-state index in [-0.39, 0.29) is 5.91 Å². The minimum atomic E-state index is -0.351. The molecular formula is C19H20N2O3S. The Bertz CT molecular complexity index is 1000. The van der Waals surface area contributed by atoms with E-state index in [2.05, 4.69) is 24.0 Å². The third kappa shape index (κ3) is 3.17. The van der Waals surface area contributed by atoms with Gasteiger partial charge in [0.2, 0.25) is 0 Å².